The quantitative estimate of drug-likeness (QED) is 0.776. The molecule has 0 heterocycles. The first kappa shape index (κ1) is 16.5. The van der Waals surface area contributed by atoms with E-state index in [0.29, 0.717) is 18.4 Å². The van der Waals surface area contributed by atoms with Gasteiger partial charge in [0.1, 0.15) is 0 Å². The van der Waals surface area contributed by atoms with Gasteiger partial charge in [-0.15, -0.1) is 0 Å². The summed E-state index contributed by atoms with van der Waals surface area (Å²) in [6, 6.07) is -0.180. The number of halogens is 2. The van der Waals surface area contributed by atoms with Gasteiger partial charge in [-0.25, -0.2) is 8.78 Å². The zero-order chi connectivity index (χ0) is 15.2. The fourth-order valence-corrected chi connectivity index (χ4v) is 2.17. The molecule has 20 heavy (non-hydrogen) atoms. The topological polar surface area (TPSA) is 53.8 Å². The summed E-state index contributed by atoms with van der Waals surface area (Å²) in [6.45, 7) is 5.08. The fourth-order valence-electron chi connectivity index (χ4n) is 2.17. The Hall–Kier alpha value is -1.59. The summed E-state index contributed by atoms with van der Waals surface area (Å²) in [4.78, 5) is 19.6. The molecule has 1 atom stereocenters. The van der Waals surface area contributed by atoms with E-state index >= 15 is 0 Å². The number of carbonyl (C=O) groups is 1. The SMILES string of the molecule is C=N/C=C(\C=NC)[C@@H](C)C(=O)NC1CCC(F)(F)CC1. The van der Waals surface area contributed by atoms with Crippen LogP contribution in [0.3, 0.4) is 0 Å². The molecular formula is C14H21F2N3O. The van der Waals surface area contributed by atoms with Gasteiger partial charge in [0.25, 0.3) is 0 Å². The lowest BCUT2D eigenvalue weighted by molar-refractivity contribution is -0.125. The number of amides is 1. The molecule has 0 spiro atoms. The standard InChI is InChI=1S/C14H21F2N3O/c1-10(11(8-17-2)9-18-3)13(20)19-12-4-6-14(15,16)7-5-12/h8-10,12H,2,4-7H2,1,3H3,(H,19,20)/b11-8+,18-9?/t10-/m1/s1. The van der Waals surface area contributed by atoms with Crippen LogP contribution in [0.1, 0.15) is 32.6 Å². The minimum absolute atomic E-state index is 0.167. The van der Waals surface area contributed by atoms with Crippen LogP contribution >= 0.6 is 0 Å². The van der Waals surface area contributed by atoms with Crippen molar-refractivity contribution in [2.75, 3.05) is 7.05 Å². The molecule has 1 N–H and O–H groups in total. The molecule has 0 aromatic rings. The molecule has 1 aliphatic rings. The summed E-state index contributed by atoms with van der Waals surface area (Å²) >= 11 is 0. The first-order valence-electron chi connectivity index (χ1n) is 6.66. The third-order valence-electron chi connectivity index (χ3n) is 3.48. The average Bonchev–Trinajstić information content (AvgIpc) is 2.40. The molecular weight excluding hydrogens is 264 g/mol. The lowest BCUT2D eigenvalue weighted by Crippen LogP contribution is -2.42. The van der Waals surface area contributed by atoms with E-state index in [-0.39, 0.29) is 24.8 Å². The lowest BCUT2D eigenvalue weighted by Gasteiger charge is -2.29. The number of aliphatic imine (C=N–C) groups is 2. The molecule has 0 aromatic carbocycles. The molecule has 1 rings (SSSR count). The second kappa shape index (κ2) is 7.26. The molecule has 0 aromatic heterocycles. The Kier molecular flexibility index (Phi) is 5.98. The molecule has 1 aliphatic carbocycles. The summed E-state index contributed by atoms with van der Waals surface area (Å²) in [7, 11) is 1.60. The third-order valence-corrected chi connectivity index (χ3v) is 3.48. The second-order valence-corrected chi connectivity index (χ2v) is 5.06. The Balaban J connectivity index is 2.58. The summed E-state index contributed by atoms with van der Waals surface area (Å²) in [5, 5.41) is 2.82. The second-order valence-electron chi connectivity index (χ2n) is 5.06. The van der Waals surface area contributed by atoms with Gasteiger partial charge in [0.05, 0.1) is 5.92 Å². The Morgan fingerprint density at radius 3 is 2.55 bits per heavy atom. The molecule has 1 saturated carbocycles. The molecule has 0 radical (unpaired) electrons. The summed E-state index contributed by atoms with van der Waals surface area (Å²) in [6.07, 6.45) is 3.32. The van der Waals surface area contributed by atoms with Crippen LogP contribution in [0.5, 0.6) is 0 Å². The monoisotopic (exact) mass is 285 g/mol. The zero-order valence-electron chi connectivity index (χ0n) is 11.9. The van der Waals surface area contributed by atoms with Crippen LogP contribution in [0.2, 0.25) is 0 Å². The summed E-state index contributed by atoms with van der Waals surface area (Å²) in [5.41, 5.74) is 0.640. The Morgan fingerprint density at radius 1 is 1.45 bits per heavy atom. The van der Waals surface area contributed by atoms with Crippen LogP contribution in [0.25, 0.3) is 0 Å². The summed E-state index contributed by atoms with van der Waals surface area (Å²) < 4.78 is 26.1. The first-order valence-corrected chi connectivity index (χ1v) is 6.66. The van der Waals surface area contributed by atoms with Crippen molar-refractivity contribution in [1.29, 1.82) is 0 Å². The normalized spacial score (nSPS) is 21.7. The van der Waals surface area contributed by atoms with Crippen molar-refractivity contribution in [3.05, 3.63) is 11.8 Å². The first-order chi connectivity index (χ1) is 9.39. The van der Waals surface area contributed by atoms with E-state index in [4.69, 9.17) is 0 Å². The van der Waals surface area contributed by atoms with Gasteiger partial charge in [-0.05, 0) is 26.5 Å². The number of hydrogen-bond donors (Lipinski definition) is 1. The fraction of sp³-hybridized carbons (Fsp3) is 0.643. The maximum atomic E-state index is 13.0. The predicted octanol–water partition coefficient (Wildman–Crippen LogP) is 2.60. The molecule has 112 valence electrons. The van der Waals surface area contributed by atoms with E-state index in [1.165, 1.54) is 6.20 Å². The van der Waals surface area contributed by atoms with E-state index in [1.807, 2.05) is 0 Å². The van der Waals surface area contributed by atoms with E-state index < -0.39 is 11.8 Å². The van der Waals surface area contributed by atoms with Gasteiger partial charge >= 0.3 is 0 Å². The van der Waals surface area contributed by atoms with Gasteiger partial charge in [-0.2, -0.15) is 0 Å². The van der Waals surface area contributed by atoms with Gasteiger partial charge in [0.2, 0.25) is 11.8 Å². The predicted molar refractivity (Wildman–Crippen MR) is 76.6 cm³/mol. The van der Waals surface area contributed by atoms with E-state index in [1.54, 1.807) is 20.2 Å². The molecule has 1 fully saturated rings. The van der Waals surface area contributed by atoms with E-state index in [9.17, 15) is 13.6 Å². The third kappa shape index (κ3) is 4.83. The van der Waals surface area contributed by atoms with E-state index in [2.05, 4.69) is 22.0 Å². The summed E-state index contributed by atoms with van der Waals surface area (Å²) in [5.74, 6) is -3.22. The minimum Gasteiger partial charge on any atom is -0.353 e. The molecule has 1 amide bonds. The van der Waals surface area contributed by atoms with Crippen molar-refractivity contribution in [2.45, 2.75) is 44.6 Å². The van der Waals surface area contributed by atoms with Crippen molar-refractivity contribution in [2.24, 2.45) is 15.9 Å². The highest BCUT2D eigenvalue weighted by Crippen LogP contribution is 2.33. The van der Waals surface area contributed by atoms with Crippen LogP contribution in [-0.4, -0.2) is 37.9 Å². The van der Waals surface area contributed by atoms with Crippen LogP contribution in [0.15, 0.2) is 21.8 Å². The molecule has 0 unspecified atom stereocenters. The number of carbonyl (C=O) groups excluding carboxylic acids is 1. The van der Waals surface area contributed by atoms with Crippen LogP contribution in [-0.2, 0) is 4.79 Å². The number of nitrogens with zero attached hydrogens (tertiary/aromatic N) is 2. The molecule has 6 heteroatoms. The molecule has 0 bridgehead atoms. The maximum absolute atomic E-state index is 13.0. The molecule has 0 saturated heterocycles. The zero-order valence-corrected chi connectivity index (χ0v) is 11.9. The van der Waals surface area contributed by atoms with Crippen molar-refractivity contribution < 1.29 is 13.6 Å². The number of rotatable bonds is 5. The highest BCUT2D eigenvalue weighted by molar-refractivity contribution is 5.91. The van der Waals surface area contributed by atoms with Crippen LogP contribution in [0.4, 0.5) is 8.78 Å². The van der Waals surface area contributed by atoms with Crippen molar-refractivity contribution in [3.63, 3.8) is 0 Å². The van der Waals surface area contributed by atoms with Gasteiger partial charge in [-0.1, -0.05) is 0 Å². The van der Waals surface area contributed by atoms with Crippen LogP contribution < -0.4 is 5.32 Å². The lowest BCUT2D eigenvalue weighted by atomic mass is 9.91. The van der Waals surface area contributed by atoms with E-state index in [0.717, 1.165) is 0 Å². The van der Waals surface area contributed by atoms with Crippen molar-refractivity contribution in [3.8, 4) is 0 Å². The smallest absolute Gasteiger partial charge is 0.248 e. The largest absolute Gasteiger partial charge is 0.353 e. The maximum Gasteiger partial charge on any atom is 0.248 e. The Morgan fingerprint density at radius 2 is 2.05 bits per heavy atom. The highest BCUT2D eigenvalue weighted by Gasteiger charge is 2.35. The van der Waals surface area contributed by atoms with Crippen molar-refractivity contribution >= 4 is 18.8 Å². The number of nitrogens with one attached hydrogen (secondary N) is 1. The Labute approximate surface area is 118 Å². The number of hydrogen-bond acceptors (Lipinski definition) is 3. The van der Waals surface area contributed by atoms with Gasteiger partial charge in [-0.3, -0.25) is 14.8 Å². The minimum atomic E-state index is -2.58. The number of alkyl halides is 2. The van der Waals surface area contributed by atoms with Crippen LogP contribution in [0, 0.1) is 5.92 Å². The van der Waals surface area contributed by atoms with Crippen molar-refractivity contribution in [1.82, 2.24) is 5.32 Å². The molecule has 0 aliphatic heterocycles. The van der Waals surface area contributed by atoms with Gasteiger partial charge < -0.3 is 5.32 Å². The van der Waals surface area contributed by atoms with Gasteiger partial charge in [0.15, 0.2) is 0 Å². The van der Waals surface area contributed by atoms with Gasteiger partial charge in [0, 0.05) is 43.9 Å². The average molecular weight is 285 g/mol. The Bertz CT molecular complexity index is 409. The highest BCUT2D eigenvalue weighted by atomic mass is 19.3. The molecule has 4 nitrogen and oxygen atoms in total.